The molecule has 1 saturated heterocycles. The van der Waals surface area contributed by atoms with Crippen LogP contribution in [0.25, 0.3) is 21.3 Å². The number of ether oxygens (including phenoxy) is 2. The molecule has 7 nitrogen and oxygen atoms in total. The average molecular weight is 674 g/mol. The van der Waals surface area contributed by atoms with Gasteiger partial charge in [0.05, 0.1) is 34.6 Å². The lowest BCUT2D eigenvalue weighted by Gasteiger charge is -2.41. The second-order valence-corrected chi connectivity index (χ2v) is 14.1. The normalized spacial score (nSPS) is 19.3. The zero-order valence-corrected chi connectivity index (χ0v) is 28.0. The summed E-state index contributed by atoms with van der Waals surface area (Å²) in [4.78, 5) is 21.5. The third kappa shape index (κ3) is 7.21. The molecule has 1 aliphatic heterocycles. The van der Waals surface area contributed by atoms with Crippen LogP contribution in [0.3, 0.4) is 0 Å². The highest BCUT2D eigenvalue weighted by atomic mass is 32.2. The van der Waals surface area contributed by atoms with Crippen molar-refractivity contribution in [3.05, 3.63) is 149 Å². The Labute approximate surface area is 288 Å². The van der Waals surface area contributed by atoms with Crippen molar-refractivity contribution in [3.63, 3.8) is 0 Å². The number of nitrogens with one attached hydrogen (secondary N) is 1. The summed E-state index contributed by atoms with van der Waals surface area (Å²) in [6, 6.07) is 36.1. The number of hydrogen-bond donors (Lipinski definition) is 2. The van der Waals surface area contributed by atoms with Gasteiger partial charge in [0, 0.05) is 36.2 Å². The molecule has 0 bridgehead atoms. The average Bonchev–Trinajstić information content (AvgIpc) is 3.57. The van der Waals surface area contributed by atoms with Crippen LogP contribution in [0.15, 0.2) is 126 Å². The number of aliphatic hydroxyl groups is 1. The lowest BCUT2D eigenvalue weighted by Crippen LogP contribution is -2.38. The number of aliphatic hydroxyl groups excluding tert-OH is 1. The molecular weight excluding hydrogens is 639 g/mol. The first-order valence-corrected chi connectivity index (χ1v) is 17.7. The van der Waals surface area contributed by atoms with E-state index in [1.54, 1.807) is 47.6 Å². The van der Waals surface area contributed by atoms with E-state index in [1.165, 1.54) is 4.70 Å². The van der Waals surface area contributed by atoms with Crippen molar-refractivity contribution in [1.82, 2.24) is 15.3 Å². The fraction of sp³-hybridized carbons (Fsp3) is 0.205. The molecule has 1 aliphatic rings. The summed E-state index contributed by atoms with van der Waals surface area (Å²) in [5.41, 5.74) is 7.49. The first kappa shape index (κ1) is 32.2. The van der Waals surface area contributed by atoms with Crippen molar-refractivity contribution >= 4 is 39.2 Å². The quantitative estimate of drug-likeness (QED) is 0.141. The van der Waals surface area contributed by atoms with Gasteiger partial charge in [0.15, 0.2) is 10.6 Å². The highest BCUT2D eigenvalue weighted by Gasteiger charge is 2.38. The maximum absolute atomic E-state index is 12.7. The van der Waals surface area contributed by atoms with Gasteiger partial charge in [-0.3, -0.25) is 9.78 Å². The molecule has 1 amide bonds. The van der Waals surface area contributed by atoms with Crippen molar-refractivity contribution in [1.29, 1.82) is 0 Å². The first-order chi connectivity index (χ1) is 23.6. The molecule has 0 saturated carbocycles. The molecule has 9 heteroatoms. The number of benzene rings is 4. The number of thiazole rings is 1. The summed E-state index contributed by atoms with van der Waals surface area (Å²) in [5.74, 6) is 0.657. The summed E-state index contributed by atoms with van der Waals surface area (Å²) in [6.07, 6.45) is 2.37. The molecule has 4 aromatic carbocycles. The van der Waals surface area contributed by atoms with Crippen molar-refractivity contribution in [2.75, 3.05) is 5.75 Å². The zero-order valence-electron chi connectivity index (χ0n) is 26.4. The number of nitrogens with zero attached hydrogens (tertiary/aromatic N) is 2. The second-order valence-electron chi connectivity index (χ2n) is 11.8. The molecule has 4 unspecified atom stereocenters. The number of rotatable bonds is 10. The Hall–Kier alpha value is -4.38. The van der Waals surface area contributed by atoms with Gasteiger partial charge in [0.1, 0.15) is 0 Å². The Kier molecular flexibility index (Phi) is 9.92. The number of hydrogen-bond acceptors (Lipinski definition) is 8. The van der Waals surface area contributed by atoms with Gasteiger partial charge in [-0.2, -0.15) is 0 Å². The van der Waals surface area contributed by atoms with E-state index in [4.69, 9.17) is 14.5 Å². The Morgan fingerprint density at radius 3 is 2.44 bits per heavy atom. The molecule has 6 aromatic rings. The van der Waals surface area contributed by atoms with Crippen LogP contribution < -0.4 is 5.32 Å². The topological polar surface area (TPSA) is 93.6 Å². The number of carbonyl (C=O) groups is 1. The predicted molar refractivity (Wildman–Crippen MR) is 191 cm³/mol. The van der Waals surface area contributed by atoms with Gasteiger partial charge in [-0.25, -0.2) is 4.98 Å². The molecule has 4 atom stereocenters. The van der Waals surface area contributed by atoms with E-state index in [9.17, 15) is 9.90 Å². The number of aromatic nitrogens is 2. The summed E-state index contributed by atoms with van der Waals surface area (Å²) < 4.78 is 15.6. The van der Waals surface area contributed by atoms with E-state index >= 15 is 0 Å². The smallest absolute Gasteiger partial charge is 0.253 e. The van der Waals surface area contributed by atoms with Crippen molar-refractivity contribution in [3.8, 4) is 11.1 Å². The van der Waals surface area contributed by atoms with Crippen LogP contribution in [0, 0.1) is 5.92 Å². The number of pyridine rings is 1. The maximum Gasteiger partial charge on any atom is 0.253 e. The SMILES string of the molecule is CC1C(CSc2nc3ccccc3s2)OC(c2ccc(-c3ccccc3CNC(=O)c3cccnc3)cc2)OC1c1ccc(CO)cc1. The lowest BCUT2D eigenvalue weighted by molar-refractivity contribution is -0.268. The molecule has 0 aliphatic carbocycles. The van der Waals surface area contributed by atoms with E-state index < -0.39 is 6.29 Å². The van der Waals surface area contributed by atoms with Crippen molar-refractivity contribution < 1.29 is 19.4 Å². The number of thioether (sulfide) groups is 1. The summed E-state index contributed by atoms with van der Waals surface area (Å²) >= 11 is 3.43. The maximum atomic E-state index is 12.7. The Morgan fingerprint density at radius 1 is 0.896 bits per heavy atom. The summed E-state index contributed by atoms with van der Waals surface area (Å²) in [7, 11) is 0. The van der Waals surface area contributed by atoms with E-state index in [1.807, 2.05) is 60.7 Å². The molecule has 7 rings (SSSR count). The third-order valence-electron chi connectivity index (χ3n) is 8.64. The molecule has 0 spiro atoms. The van der Waals surface area contributed by atoms with Gasteiger partial charge in [-0.1, -0.05) is 104 Å². The minimum Gasteiger partial charge on any atom is -0.392 e. The molecule has 48 heavy (non-hydrogen) atoms. The van der Waals surface area contributed by atoms with Crippen LogP contribution in [0.1, 0.15) is 51.9 Å². The minimum absolute atomic E-state index is 0.000872. The van der Waals surface area contributed by atoms with Crippen LogP contribution in [0.2, 0.25) is 0 Å². The van der Waals surface area contributed by atoms with Crippen LogP contribution in [0.5, 0.6) is 0 Å². The van der Waals surface area contributed by atoms with Crippen LogP contribution >= 0.6 is 23.1 Å². The Morgan fingerprint density at radius 2 is 1.67 bits per heavy atom. The third-order valence-corrected chi connectivity index (χ3v) is 10.9. The predicted octanol–water partition coefficient (Wildman–Crippen LogP) is 8.36. The van der Waals surface area contributed by atoms with Crippen LogP contribution in [-0.2, 0) is 22.6 Å². The second kappa shape index (κ2) is 14.8. The standard InChI is InChI=1S/C39H35N3O4S2/c1-25-34(24-47-39-42-33-10-4-5-11-35(33)48-39)45-38(46-36(25)28-14-12-26(23-43)13-15-28)29-18-16-27(17-19-29)32-9-3-2-7-30(32)22-41-37(44)31-8-6-20-40-21-31/h2-21,25,34,36,38,43H,22-24H2,1H3,(H,41,44). The molecular formula is C39H35N3O4S2. The number of para-hydroxylation sites is 1. The van der Waals surface area contributed by atoms with E-state index in [2.05, 4.69) is 53.6 Å². The van der Waals surface area contributed by atoms with E-state index in [-0.39, 0.29) is 30.6 Å². The largest absolute Gasteiger partial charge is 0.392 e. The van der Waals surface area contributed by atoms with Crippen molar-refractivity contribution in [2.45, 2.75) is 42.9 Å². The highest BCUT2D eigenvalue weighted by molar-refractivity contribution is 8.01. The molecule has 1 fully saturated rings. The van der Waals surface area contributed by atoms with E-state index in [0.717, 1.165) is 49.0 Å². The molecule has 2 N–H and O–H groups in total. The number of amides is 1. The van der Waals surface area contributed by atoms with Gasteiger partial charge in [-0.15, -0.1) is 11.3 Å². The zero-order chi connectivity index (χ0) is 32.9. The van der Waals surface area contributed by atoms with Gasteiger partial charge in [0.2, 0.25) is 0 Å². The number of fused-ring (bicyclic) bond motifs is 1. The minimum atomic E-state index is -0.562. The Bertz CT molecular complexity index is 1950. The molecule has 3 heterocycles. The van der Waals surface area contributed by atoms with Crippen molar-refractivity contribution in [2.24, 2.45) is 5.92 Å². The lowest BCUT2D eigenvalue weighted by atomic mass is 9.91. The van der Waals surface area contributed by atoms with E-state index in [0.29, 0.717) is 12.1 Å². The molecule has 242 valence electrons. The summed E-state index contributed by atoms with van der Waals surface area (Å²) in [6.45, 7) is 2.57. The van der Waals surface area contributed by atoms with Crippen LogP contribution in [-0.4, -0.2) is 32.8 Å². The molecule has 2 aromatic heterocycles. The highest BCUT2D eigenvalue weighted by Crippen LogP contribution is 2.44. The van der Waals surface area contributed by atoms with Gasteiger partial charge in [-0.05, 0) is 52.1 Å². The van der Waals surface area contributed by atoms with Crippen LogP contribution in [0.4, 0.5) is 0 Å². The summed E-state index contributed by atoms with van der Waals surface area (Å²) in [5, 5.41) is 12.6. The van der Waals surface area contributed by atoms with Gasteiger partial charge >= 0.3 is 0 Å². The number of carbonyl (C=O) groups excluding carboxylic acids is 1. The molecule has 0 radical (unpaired) electrons. The Balaban J connectivity index is 1.10. The fourth-order valence-corrected chi connectivity index (χ4v) is 8.18. The van der Waals surface area contributed by atoms with Gasteiger partial charge < -0.3 is 19.9 Å². The fourth-order valence-electron chi connectivity index (χ4n) is 5.93. The first-order valence-electron chi connectivity index (χ1n) is 15.9. The van der Waals surface area contributed by atoms with Gasteiger partial charge in [0.25, 0.3) is 5.91 Å². The monoisotopic (exact) mass is 673 g/mol.